The van der Waals surface area contributed by atoms with Crippen molar-refractivity contribution in [3.8, 4) is 0 Å². The summed E-state index contributed by atoms with van der Waals surface area (Å²) in [7, 11) is 0. The molecule has 19 heavy (non-hydrogen) atoms. The van der Waals surface area contributed by atoms with Gasteiger partial charge in [-0.1, -0.05) is 27.2 Å². The van der Waals surface area contributed by atoms with Crippen LogP contribution in [0.15, 0.2) is 6.07 Å². The Morgan fingerprint density at radius 1 is 1.37 bits per heavy atom. The van der Waals surface area contributed by atoms with Crippen molar-refractivity contribution in [2.45, 2.75) is 59.0 Å². The third kappa shape index (κ3) is 4.32. The molecule has 1 heterocycles. The zero-order valence-corrected chi connectivity index (χ0v) is 13.2. The van der Waals surface area contributed by atoms with Gasteiger partial charge in [-0.2, -0.15) is 0 Å². The molecule has 0 saturated carbocycles. The van der Waals surface area contributed by atoms with Gasteiger partial charge in [-0.15, -0.1) is 11.3 Å². The van der Waals surface area contributed by atoms with Crippen LogP contribution in [0.4, 0.5) is 0 Å². The highest BCUT2D eigenvalue weighted by atomic mass is 32.1. The highest BCUT2D eigenvalue weighted by molar-refractivity contribution is 7.14. The van der Waals surface area contributed by atoms with Crippen LogP contribution in [0.1, 0.15) is 60.1 Å². The van der Waals surface area contributed by atoms with E-state index in [-0.39, 0.29) is 5.91 Å². The largest absolute Gasteiger partial charge is 0.388 e. The van der Waals surface area contributed by atoms with Crippen LogP contribution in [-0.2, 0) is 6.42 Å². The first-order chi connectivity index (χ1) is 8.95. The van der Waals surface area contributed by atoms with Gasteiger partial charge in [-0.25, -0.2) is 0 Å². The number of thiophene rings is 1. The molecule has 3 nitrogen and oxygen atoms in total. The van der Waals surface area contributed by atoms with E-state index in [0.717, 1.165) is 17.7 Å². The van der Waals surface area contributed by atoms with Gasteiger partial charge in [0, 0.05) is 11.4 Å². The highest BCUT2D eigenvalue weighted by Gasteiger charge is 2.23. The molecule has 0 aliphatic carbocycles. The third-order valence-corrected chi connectivity index (χ3v) is 4.75. The van der Waals surface area contributed by atoms with Gasteiger partial charge in [0.05, 0.1) is 10.5 Å². The van der Waals surface area contributed by atoms with Crippen molar-refractivity contribution in [1.29, 1.82) is 0 Å². The van der Waals surface area contributed by atoms with E-state index >= 15 is 0 Å². The number of hydrogen-bond acceptors (Lipinski definition) is 3. The van der Waals surface area contributed by atoms with Gasteiger partial charge in [0.1, 0.15) is 0 Å². The fourth-order valence-corrected chi connectivity index (χ4v) is 2.97. The second-order valence-corrected chi connectivity index (χ2v) is 6.31. The Balaban J connectivity index is 2.66. The van der Waals surface area contributed by atoms with E-state index in [1.807, 2.05) is 19.9 Å². The fraction of sp³-hybridized carbons (Fsp3) is 0.667. The number of amides is 1. The van der Waals surface area contributed by atoms with Crippen LogP contribution in [0.2, 0.25) is 0 Å². The summed E-state index contributed by atoms with van der Waals surface area (Å²) >= 11 is 1.53. The number of aryl methyl sites for hydroxylation is 2. The minimum absolute atomic E-state index is 0.0734. The Bertz CT molecular complexity index is 422. The molecule has 0 aliphatic heterocycles. The molecular weight excluding hydrogens is 258 g/mol. The molecule has 0 aromatic carbocycles. The van der Waals surface area contributed by atoms with E-state index in [0.29, 0.717) is 19.4 Å². The van der Waals surface area contributed by atoms with Crippen LogP contribution in [0.25, 0.3) is 0 Å². The summed E-state index contributed by atoms with van der Waals surface area (Å²) in [6.07, 6.45) is 3.40. The fourth-order valence-electron chi connectivity index (χ4n) is 1.98. The summed E-state index contributed by atoms with van der Waals surface area (Å²) in [6.45, 7) is 8.38. The van der Waals surface area contributed by atoms with E-state index in [1.54, 1.807) is 0 Å². The van der Waals surface area contributed by atoms with Gasteiger partial charge in [-0.05, 0) is 37.8 Å². The van der Waals surface area contributed by atoms with Crippen LogP contribution in [0, 0.1) is 6.92 Å². The van der Waals surface area contributed by atoms with Crippen molar-refractivity contribution < 1.29 is 9.90 Å². The molecule has 2 N–H and O–H groups in total. The molecule has 1 rings (SSSR count). The number of aliphatic hydroxyl groups is 1. The van der Waals surface area contributed by atoms with Crippen molar-refractivity contribution >= 4 is 17.2 Å². The maximum Gasteiger partial charge on any atom is 0.261 e. The molecule has 0 bridgehead atoms. The summed E-state index contributed by atoms with van der Waals surface area (Å²) in [5.74, 6) is -0.0734. The first-order valence-corrected chi connectivity index (χ1v) is 7.87. The Hall–Kier alpha value is -0.870. The smallest absolute Gasteiger partial charge is 0.261 e. The lowest BCUT2D eigenvalue weighted by molar-refractivity contribution is 0.0314. The van der Waals surface area contributed by atoms with Gasteiger partial charge in [0.2, 0.25) is 0 Å². The van der Waals surface area contributed by atoms with Gasteiger partial charge in [0.25, 0.3) is 5.91 Å². The molecule has 1 amide bonds. The van der Waals surface area contributed by atoms with Gasteiger partial charge < -0.3 is 10.4 Å². The zero-order chi connectivity index (χ0) is 14.5. The highest BCUT2D eigenvalue weighted by Crippen LogP contribution is 2.23. The third-order valence-electron chi connectivity index (χ3n) is 3.66. The molecule has 0 radical (unpaired) electrons. The first-order valence-electron chi connectivity index (χ1n) is 7.05. The van der Waals surface area contributed by atoms with Crippen LogP contribution in [0.3, 0.4) is 0 Å². The normalized spacial score (nSPS) is 11.6. The van der Waals surface area contributed by atoms with Crippen molar-refractivity contribution in [3.05, 3.63) is 21.4 Å². The minimum atomic E-state index is -0.784. The molecule has 0 atom stereocenters. The summed E-state index contributed by atoms with van der Waals surface area (Å²) in [5.41, 5.74) is 0.479. The lowest BCUT2D eigenvalue weighted by Gasteiger charge is -2.25. The second kappa shape index (κ2) is 7.06. The Morgan fingerprint density at radius 3 is 2.53 bits per heavy atom. The van der Waals surface area contributed by atoms with Crippen LogP contribution in [0.5, 0.6) is 0 Å². The predicted molar refractivity (Wildman–Crippen MR) is 80.9 cm³/mol. The van der Waals surface area contributed by atoms with E-state index < -0.39 is 5.60 Å². The Morgan fingerprint density at radius 2 is 2.00 bits per heavy atom. The molecule has 0 spiro atoms. The van der Waals surface area contributed by atoms with E-state index in [9.17, 15) is 9.90 Å². The average molecular weight is 283 g/mol. The number of hydrogen-bond donors (Lipinski definition) is 2. The minimum Gasteiger partial charge on any atom is -0.388 e. The van der Waals surface area contributed by atoms with Crippen molar-refractivity contribution in [1.82, 2.24) is 5.32 Å². The molecular formula is C15H25NO2S. The molecule has 108 valence electrons. The SMILES string of the molecule is CCCc1cc(C(=O)NCC(O)(CC)CC)sc1C. The number of nitrogens with one attached hydrogen (secondary N) is 1. The molecule has 0 fully saturated rings. The lowest BCUT2D eigenvalue weighted by Crippen LogP contribution is -2.41. The number of rotatable bonds is 7. The molecule has 1 aromatic heterocycles. The topological polar surface area (TPSA) is 49.3 Å². The quantitative estimate of drug-likeness (QED) is 0.806. The zero-order valence-electron chi connectivity index (χ0n) is 12.4. The van der Waals surface area contributed by atoms with E-state index in [1.165, 1.54) is 21.8 Å². The van der Waals surface area contributed by atoms with Crippen LogP contribution >= 0.6 is 11.3 Å². The second-order valence-electron chi connectivity index (χ2n) is 5.06. The maximum atomic E-state index is 12.1. The molecule has 0 saturated heterocycles. The van der Waals surface area contributed by atoms with Crippen LogP contribution in [-0.4, -0.2) is 23.2 Å². The first kappa shape index (κ1) is 16.2. The van der Waals surface area contributed by atoms with Crippen molar-refractivity contribution in [2.24, 2.45) is 0 Å². The summed E-state index contributed by atoms with van der Waals surface area (Å²) < 4.78 is 0. The monoisotopic (exact) mass is 283 g/mol. The molecule has 4 heteroatoms. The van der Waals surface area contributed by atoms with E-state index in [4.69, 9.17) is 0 Å². The molecule has 0 unspecified atom stereocenters. The van der Waals surface area contributed by atoms with Gasteiger partial charge >= 0.3 is 0 Å². The summed E-state index contributed by atoms with van der Waals surface area (Å²) in [5, 5.41) is 13.0. The maximum absolute atomic E-state index is 12.1. The van der Waals surface area contributed by atoms with Gasteiger partial charge in [-0.3, -0.25) is 4.79 Å². The Kier molecular flexibility index (Phi) is 6.01. The molecule has 0 aliphatic rings. The molecule has 1 aromatic rings. The average Bonchev–Trinajstić information content (AvgIpc) is 2.78. The van der Waals surface area contributed by atoms with E-state index in [2.05, 4.69) is 19.2 Å². The van der Waals surface area contributed by atoms with Crippen molar-refractivity contribution in [2.75, 3.05) is 6.54 Å². The number of carbonyl (C=O) groups is 1. The lowest BCUT2D eigenvalue weighted by atomic mass is 9.97. The standard InChI is InChI=1S/C15H25NO2S/c1-5-8-12-9-13(19-11(12)4)14(17)16-10-15(18,6-2)7-3/h9,18H,5-8,10H2,1-4H3,(H,16,17). The number of carbonyl (C=O) groups excluding carboxylic acids is 1. The predicted octanol–water partition coefficient (Wildman–Crippen LogP) is 3.29. The van der Waals surface area contributed by atoms with Crippen molar-refractivity contribution in [3.63, 3.8) is 0 Å². The van der Waals surface area contributed by atoms with Gasteiger partial charge in [0.15, 0.2) is 0 Å². The van der Waals surface area contributed by atoms with Crippen LogP contribution < -0.4 is 5.32 Å². The summed E-state index contributed by atoms with van der Waals surface area (Å²) in [4.78, 5) is 14.0. The Labute approximate surface area is 120 Å². The summed E-state index contributed by atoms with van der Waals surface area (Å²) in [6, 6.07) is 1.98.